The topological polar surface area (TPSA) is 92.3 Å². The molecule has 23 heavy (non-hydrogen) atoms. The molecular weight excluding hydrogens is 316 g/mol. The molecule has 0 aliphatic carbocycles. The van der Waals surface area contributed by atoms with Gasteiger partial charge in [-0.1, -0.05) is 13.8 Å². The zero-order valence-corrected chi connectivity index (χ0v) is 14.2. The average molecular weight is 338 g/mol. The number of benzene rings is 1. The van der Waals surface area contributed by atoms with Crippen LogP contribution < -0.4 is 10.6 Å². The van der Waals surface area contributed by atoms with Gasteiger partial charge in [0.1, 0.15) is 0 Å². The Morgan fingerprint density at radius 1 is 1.13 bits per heavy atom. The third-order valence-electron chi connectivity index (χ3n) is 3.63. The summed E-state index contributed by atoms with van der Waals surface area (Å²) in [6.45, 7) is 3.95. The van der Waals surface area contributed by atoms with E-state index in [1.165, 1.54) is 0 Å². The van der Waals surface area contributed by atoms with Crippen molar-refractivity contribution in [3.63, 3.8) is 0 Å². The summed E-state index contributed by atoms with van der Waals surface area (Å²) < 4.78 is 22.8. The van der Waals surface area contributed by atoms with Crippen molar-refractivity contribution in [2.45, 2.75) is 26.7 Å². The molecule has 1 aromatic carbocycles. The molecule has 2 N–H and O–H groups in total. The second-order valence-electron chi connectivity index (χ2n) is 6.31. The lowest BCUT2D eigenvalue weighted by Gasteiger charge is -2.11. The van der Waals surface area contributed by atoms with Gasteiger partial charge in [-0.05, 0) is 36.6 Å². The molecule has 1 atom stereocenters. The summed E-state index contributed by atoms with van der Waals surface area (Å²) in [4.78, 5) is 23.7. The van der Waals surface area contributed by atoms with Crippen LogP contribution in [0.1, 0.15) is 26.7 Å². The molecule has 1 saturated heterocycles. The molecule has 1 aromatic rings. The van der Waals surface area contributed by atoms with Crippen molar-refractivity contribution in [1.82, 2.24) is 0 Å². The van der Waals surface area contributed by atoms with Gasteiger partial charge < -0.3 is 10.6 Å². The molecule has 1 unspecified atom stereocenters. The first kappa shape index (κ1) is 17.5. The zero-order valence-electron chi connectivity index (χ0n) is 13.3. The molecule has 1 aliphatic rings. The maximum atomic E-state index is 12.0. The van der Waals surface area contributed by atoms with E-state index in [0.29, 0.717) is 24.2 Å². The molecule has 0 bridgehead atoms. The van der Waals surface area contributed by atoms with Gasteiger partial charge in [0.05, 0.1) is 17.4 Å². The van der Waals surface area contributed by atoms with E-state index < -0.39 is 15.8 Å². The van der Waals surface area contributed by atoms with E-state index in [9.17, 15) is 18.0 Å². The monoisotopic (exact) mass is 338 g/mol. The zero-order chi connectivity index (χ0) is 17.0. The third kappa shape index (κ3) is 5.35. The highest BCUT2D eigenvalue weighted by molar-refractivity contribution is 7.91. The SMILES string of the molecule is CC(C)CC(=O)Nc1ccc(NC(=O)C2CCS(=O)(=O)C2)cc1. The summed E-state index contributed by atoms with van der Waals surface area (Å²) in [5, 5.41) is 5.51. The minimum Gasteiger partial charge on any atom is -0.326 e. The Bertz CT molecular complexity index is 681. The van der Waals surface area contributed by atoms with Gasteiger partial charge in [-0.2, -0.15) is 0 Å². The van der Waals surface area contributed by atoms with Crippen LogP contribution >= 0.6 is 0 Å². The maximum absolute atomic E-state index is 12.0. The summed E-state index contributed by atoms with van der Waals surface area (Å²) in [6.07, 6.45) is 0.826. The number of nitrogens with one attached hydrogen (secondary N) is 2. The van der Waals surface area contributed by atoms with Crippen molar-refractivity contribution in [3.8, 4) is 0 Å². The minimum atomic E-state index is -3.07. The largest absolute Gasteiger partial charge is 0.326 e. The van der Waals surface area contributed by atoms with Crippen molar-refractivity contribution in [2.24, 2.45) is 11.8 Å². The molecule has 1 heterocycles. The van der Waals surface area contributed by atoms with Crippen LogP contribution in [0.15, 0.2) is 24.3 Å². The smallest absolute Gasteiger partial charge is 0.228 e. The number of carbonyl (C=O) groups excluding carboxylic acids is 2. The molecule has 0 radical (unpaired) electrons. The van der Waals surface area contributed by atoms with Gasteiger partial charge in [0.25, 0.3) is 0 Å². The predicted molar refractivity (Wildman–Crippen MR) is 89.9 cm³/mol. The highest BCUT2D eigenvalue weighted by Crippen LogP contribution is 2.21. The molecule has 1 aliphatic heterocycles. The molecule has 1 fully saturated rings. The number of sulfone groups is 1. The second-order valence-corrected chi connectivity index (χ2v) is 8.54. The Labute approximate surface area is 136 Å². The van der Waals surface area contributed by atoms with Crippen LogP contribution in [0.5, 0.6) is 0 Å². The van der Waals surface area contributed by atoms with E-state index in [-0.39, 0.29) is 29.2 Å². The summed E-state index contributed by atoms with van der Waals surface area (Å²) in [7, 11) is -3.07. The van der Waals surface area contributed by atoms with Crippen molar-refractivity contribution < 1.29 is 18.0 Å². The van der Waals surface area contributed by atoms with Crippen molar-refractivity contribution in [1.29, 1.82) is 0 Å². The maximum Gasteiger partial charge on any atom is 0.228 e. The highest BCUT2D eigenvalue weighted by atomic mass is 32.2. The van der Waals surface area contributed by atoms with Crippen molar-refractivity contribution >= 4 is 33.0 Å². The summed E-state index contributed by atoms with van der Waals surface area (Å²) in [5.74, 6) is -0.522. The first-order chi connectivity index (χ1) is 10.7. The van der Waals surface area contributed by atoms with Crippen LogP contribution in [0.2, 0.25) is 0 Å². The van der Waals surface area contributed by atoms with Gasteiger partial charge in [-0.3, -0.25) is 9.59 Å². The normalized spacial score (nSPS) is 19.5. The lowest BCUT2D eigenvalue weighted by atomic mass is 10.1. The quantitative estimate of drug-likeness (QED) is 0.859. The first-order valence-corrected chi connectivity index (χ1v) is 9.48. The first-order valence-electron chi connectivity index (χ1n) is 7.66. The van der Waals surface area contributed by atoms with E-state index in [0.717, 1.165) is 0 Å². The predicted octanol–water partition coefficient (Wildman–Crippen LogP) is 2.04. The fraction of sp³-hybridized carbons (Fsp3) is 0.500. The van der Waals surface area contributed by atoms with E-state index in [2.05, 4.69) is 10.6 Å². The van der Waals surface area contributed by atoms with Crippen molar-refractivity contribution in [2.75, 3.05) is 22.1 Å². The molecular formula is C16H22N2O4S. The number of hydrogen-bond acceptors (Lipinski definition) is 4. The molecule has 0 aromatic heterocycles. The Morgan fingerprint density at radius 2 is 1.70 bits per heavy atom. The van der Waals surface area contributed by atoms with Crippen LogP contribution in [0, 0.1) is 11.8 Å². The molecule has 2 rings (SSSR count). The molecule has 0 spiro atoms. The molecule has 126 valence electrons. The van der Waals surface area contributed by atoms with Gasteiger partial charge in [-0.25, -0.2) is 8.42 Å². The molecule has 6 nitrogen and oxygen atoms in total. The fourth-order valence-corrected chi connectivity index (χ4v) is 4.21. The molecule has 0 saturated carbocycles. The fourth-order valence-electron chi connectivity index (χ4n) is 2.47. The standard InChI is InChI=1S/C16H22N2O4S/c1-11(2)9-15(19)17-13-3-5-14(6-4-13)18-16(20)12-7-8-23(21,22)10-12/h3-6,11-12H,7-10H2,1-2H3,(H,17,19)(H,18,20). The third-order valence-corrected chi connectivity index (χ3v) is 5.40. The van der Waals surface area contributed by atoms with Gasteiger partial charge in [-0.15, -0.1) is 0 Å². The van der Waals surface area contributed by atoms with Crippen molar-refractivity contribution in [3.05, 3.63) is 24.3 Å². The summed E-state index contributed by atoms with van der Waals surface area (Å²) in [5.41, 5.74) is 1.25. The van der Waals surface area contributed by atoms with Crippen LogP contribution in [0.4, 0.5) is 11.4 Å². The Kier molecular flexibility index (Phi) is 5.41. The minimum absolute atomic E-state index is 0.0482. The van der Waals surface area contributed by atoms with Crippen LogP contribution in [0.25, 0.3) is 0 Å². The van der Waals surface area contributed by atoms with Gasteiger partial charge in [0.15, 0.2) is 9.84 Å². The van der Waals surface area contributed by atoms with Gasteiger partial charge >= 0.3 is 0 Å². The second kappa shape index (κ2) is 7.12. The molecule has 2 amide bonds. The average Bonchev–Trinajstić information content (AvgIpc) is 2.80. The number of carbonyl (C=O) groups is 2. The highest BCUT2D eigenvalue weighted by Gasteiger charge is 2.32. The van der Waals surface area contributed by atoms with E-state index >= 15 is 0 Å². The lowest BCUT2D eigenvalue weighted by molar-refractivity contribution is -0.119. The van der Waals surface area contributed by atoms with Crippen LogP contribution in [0.3, 0.4) is 0 Å². The van der Waals surface area contributed by atoms with Crippen LogP contribution in [-0.4, -0.2) is 31.7 Å². The Hall–Kier alpha value is -1.89. The number of rotatable bonds is 5. The molecule has 7 heteroatoms. The Balaban J connectivity index is 1.90. The van der Waals surface area contributed by atoms with E-state index in [4.69, 9.17) is 0 Å². The summed E-state index contributed by atoms with van der Waals surface area (Å²) >= 11 is 0. The lowest BCUT2D eigenvalue weighted by Crippen LogP contribution is -2.23. The summed E-state index contributed by atoms with van der Waals surface area (Å²) in [6, 6.07) is 6.79. The van der Waals surface area contributed by atoms with Crippen LogP contribution in [-0.2, 0) is 19.4 Å². The van der Waals surface area contributed by atoms with E-state index in [1.807, 2.05) is 13.8 Å². The number of anilines is 2. The van der Waals surface area contributed by atoms with Gasteiger partial charge in [0, 0.05) is 17.8 Å². The Morgan fingerprint density at radius 3 is 2.17 bits per heavy atom. The van der Waals surface area contributed by atoms with E-state index in [1.54, 1.807) is 24.3 Å². The van der Waals surface area contributed by atoms with Gasteiger partial charge in [0.2, 0.25) is 11.8 Å². The number of amides is 2. The number of hydrogen-bond donors (Lipinski definition) is 2.